The van der Waals surface area contributed by atoms with Gasteiger partial charge in [-0.05, 0) is 24.2 Å². The van der Waals surface area contributed by atoms with Crippen LogP contribution in [-0.2, 0) is 19.6 Å². The lowest BCUT2D eigenvalue weighted by molar-refractivity contribution is -0.141. The molecule has 0 saturated heterocycles. The van der Waals surface area contributed by atoms with Gasteiger partial charge < -0.3 is 9.67 Å². The molecular weight excluding hydrogens is 389 g/mol. The van der Waals surface area contributed by atoms with Crippen LogP contribution in [0.15, 0.2) is 23.4 Å². The lowest BCUT2D eigenvalue weighted by atomic mass is 10.0. The van der Waals surface area contributed by atoms with Gasteiger partial charge in [0.05, 0.1) is 23.4 Å². The number of alkyl halides is 3. The molecule has 150 valence electrons. The van der Waals surface area contributed by atoms with E-state index in [-0.39, 0.29) is 11.3 Å². The molecule has 0 fully saturated rings. The van der Waals surface area contributed by atoms with Crippen LogP contribution in [0.25, 0.3) is 22.6 Å². The molecule has 3 aromatic heterocycles. The summed E-state index contributed by atoms with van der Waals surface area (Å²) >= 11 is 1.53. The molecule has 3 aromatic rings. The second-order valence-electron chi connectivity index (χ2n) is 6.88. The van der Waals surface area contributed by atoms with E-state index in [1.807, 2.05) is 6.92 Å². The number of nitrogens with zero attached hydrogens (tertiary/aromatic N) is 4. The average Bonchev–Trinajstić information content (AvgIpc) is 2.93. The van der Waals surface area contributed by atoms with Gasteiger partial charge in [-0.1, -0.05) is 20.8 Å². The van der Waals surface area contributed by atoms with Gasteiger partial charge in [0.15, 0.2) is 5.82 Å². The molecule has 0 saturated carbocycles. The molecule has 0 atom stereocenters. The lowest BCUT2D eigenvalue weighted by Gasteiger charge is -2.16. The third-order valence-corrected chi connectivity index (χ3v) is 5.30. The van der Waals surface area contributed by atoms with Crippen LogP contribution in [0, 0.1) is 5.92 Å². The van der Waals surface area contributed by atoms with Crippen molar-refractivity contribution in [2.45, 2.75) is 38.3 Å². The molecular formula is C19H21F3N4OS. The van der Waals surface area contributed by atoms with E-state index in [4.69, 9.17) is 0 Å². The van der Waals surface area contributed by atoms with Crippen LogP contribution in [0.5, 0.6) is 5.75 Å². The van der Waals surface area contributed by atoms with Crippen LogP contribution in [0.4, 0.5) is 13.2 Å². The van der Waals surface area contributed by atoms with Crippen molar-refractivity contribution in [3.8, 4) is 17.3 Å². The number of hydrogen-bond acceptors (Lipinski definition) is 5. The van der Waals surface area contributed by atoms with Crippen molar-refractivity contribution in [2.75, 3.05) is 5.75 Å². The number of aromatic nitrogens is 4. The van der Waals surface area contributed by atoms with Crippen LogP contribution in [0.2, 0.25) is 0 Å². The summed E-state index contributed by atoms with van der Waals surface area (Å²) in [7, 11) is 1.72. The average molecular weight is 410 g/mol. The van der Waals surface area contributed by atoms with Crippen molar-refractivity contribution in [1.82, 2.24) is 19.5 Å². The maximum atomic E-state index is 13.0. The highest BCUT2D eigenvalue weighted by Gasteiger charge is 2.33. The van der Waals surface area contributed by atoms with E-state index in [1.54, 1.807) is 11.6 Å². The van der Waals surface area contributed by atoms with Gasteiger partial charge >= 0.3 is 6.18 Å². The summed E-state index contributed by atoms with van der Waals surface area (Å²) in [5, 5.41) is 10.3. The number of imidazole rings is 1. The SMILES string of the molecule is CCSc1c(-c2nc3cc(C(F)(F)F)ncc3n2C)ncc(O)c1CC(C)C. The number of aryl methyl sites for hydroxylation is 1. The minimum Gasteiger partial charge on any atom is -0.506 e. The van der Waals surface area contributed by atoms with Crippen molar-refractivity contribution in [3.63, 3.8) is 0 Å². The van der Waals surface area contributed by atoms with Gasteiger partial charge in [0.1, 0.15) is 17.1 Å². The first-order valence-electron chi connectivity index (χ1n) is 8.87. The van der Waals surface area contributed by atoms with E-state index in [1.165, 1.54) is 24.2 Å². The zero-order valence-corrected chi connectivity index (χ0v) is 16.8. The second-order valence-corrected chi connectivity index (χ2v) is 8.16. The Kier molecular flexibility index (Phi) is 5.56. The Bertz CT molecular complexity index is 1010. The summed E-state index contributed by atoms with van der Waals surface area (Å²) in [6.07, 6.45) is -1.31. The molecule has 0 aliphatic heterocycles. The first kappa shape index (κ1) is 20.4. The van der Waals surface area contributed by atoms with E-state index in [2.05, 4.69) is 28.8 Å². The van der Waals surface area contributed by atoms with Crippen LogP contribution in [-0.4, -0.2) is 30.4 Å². The molecule has 0 bridgehead atoms. The molecule has 0 unspecified atom stereocenters. The number of aromatic hydroxyl groups is 1. The molecule has 0 spiro atoms. The van der Waals surface area contributed by atoms with Crippen LogP contribution in [0.3, 0.4) is 0 Å². The molecule has 28 heavy (non-hydrogen) atoms. The van der Waals surface area contributed by atoms with Gasteiger partial charge in [-0.3, -0.25) is 0 Å². The summed E-state index contributed by atoms with van der Waals surface area (Å²) in [6.45, 7) is 6.10. The standard InChI is InChI=1S/C19H21F3N4OS/c1-5-28-17-11(6-10(2)3)14(27)9-24-16(17)18-25-12-7-15(19(20,21)22)23-8-13(12)26(18)4/h7-10,27H,5-6H2,1-4H3. The predicted molar refractivity (Wildman–Crippen MR) is 103 cm³/mol. The number of thioether (sulfide) groups is 1. The Hall–Kier alpha value is -2.29. The lowest BCUT2D eigenvalue weighted by Crippen LogP contribution is -2.07. The quantitative estimate of drug-likeness (QED) is 0.596. The summed E-state index contributed by atoms with van der Waals surface area (Å²) in [5.41, 5.74) is 1.04. The fourth-order valence-electron chi connectivity index (χ4n) is 3.04. The molecule has 0 aliphatic rings. The van der Waals surface area contributed by atoms with Gasteiger partial charge in [0, 0.05) is 17.5 Å². The van der Waals surface area contributed by atoms with Gasteiger partial charge in [-0.25, -0.2) is 15.0 Å². The third-order valence-electron chi connectivity index (χ3n) is 4.28. The molecule has 3 heterocycles. The van der Waals surface area contributed by atoms with Gasteiger partial charge in [-0.2, -0.15) is 13.2 Å². The zero-order chi connectivity index (χ0) is 20.6. The molecule has 0 radical (unpaired) electrons. The second kappa shape index (κ2) is 7.62. The molecule has 1 N–H and O–H groups in total. The fraction of sp³-hybridized carbons (Fsp3) is 0.421. The summed E-state index contributed by atoms with van der Waals surface area (Å²) in [6, 6.07) is 0.945. The number of pyridine rings is 2. The van der Waals surface area contributed by atoms with E-state index in [9.17, 15) is 18.3 Å². The molecule has 0 amide bonds. The van der Waals surface area contributed by atoms with Crippen LogP contribution < -0.4 is 0 Å². The predicted octanol–water partition coefficient (Wildman–Crippen LogP) is 5.07. The molecule has 0 aliphatic carbocycles. The smallest absolute Gasteiger partial charge is 0.433 e. The van der Waals surface area contributed by atoms with Crippen molar-refractivity contribution < 1.29 is 18.3 Å². The zero-order valence-electron chi connectivity index (χ0n) is 16.0. The van der Waals surface area contributed by atoms with Crippen molar-refractivity contribution in [1.29, 1.82) is 0 Å². The topological polar surface area (TPSA) is 63.8 Å². The Balaban J connectivity index is 2.22. The van der Waals surface area contributed by atoms with E-state index in [0.29, 0.717) is 29.4 Å². The largest absolute Gasteiger partial charge is 0.506 e. The number of hydrogen-bond donors (Lipinski definition) is 1. The van der Waals surface area contributed by atoms with Gasteiger partial charge in [0.2, 0.25) is 0 Å². The summed E-state index contributed by atoms with van der Waals surface area (Å²) < 4.78 is 40.6. The van der Waals surface area contributed by atoms with Crippen LogP contribution in [0.1, 0.15) is 32.0 Å². The Morgan fingerprint density at radius 2 is 1.93 bits per heavy atom. The normalized spacial score (nSPS) is 12.3. The third kappa shape index (κ3) is 3.80. The van der Waals surface area contributed by atoms with Crippen LogP contribution >= 0.6 is 11.8 Å². The monoisotopic (exact) mass is 410 g/mol. The van der Waals surface area contributed by atoms with Crippen molar-refractivity contribution >= 4 is 22.8 Å². The highest BCUT2D eigenvalue weighted by atomic mass is 32.2. The summed E-state index contributed by atoms with van der Waals surface area (Å²) in [5.74, 6) is 1.63. The van der Waals surface area contributed by atoms with Gasteiger partial charge in [0.25, 0.3) is 0 Å². The highest BCUT2D eigenvalue weighted by molar-refractivity contribution is 7.99. The minimum atomic E-state index is -4.53. The van der Waals surface area contributed by atoms with Crippen molar-refractivity contribution in [3.05, 3.63) is 29.7 Å². The fourth-order valence-corrected chi connectivity index (χ4v) is 3.97. The number of fused-ring (bicyclic) bond motifs is 1. The van der Waals surface area contributed by atoms with Gasteiger partial charge in [-0.15, -0.1) is 11.8 Å². The van der Waals surface area contributed by atoms with E-state index >= 15 is 0 Å². The van der Waals surface area contributed by atoms with E-state index in [0.717, 1.165) is 22.3 Å². The molecule has 3 rings (SSSR count). The first-order valence-corrected chi connectivity index (χ1v) is 9.85. The van der Waals surface area contributed by atoms with Crippen molar-refractivity contribution in [2.24, 2.45) is 13.0 Å². The van der Waals surface area contributed by atoms with E-state index < -0.39 is 11.9 Å². The number of halogens is 3. The maximum absolute atomic E-state index is 13.0. The Morgan fingerprint density at radius 3 is 2.54 bits per heavy atom. The molecule has 5 nitrogen and oxygen atoms in total. The maximum Gasteiger partial charge on any atom is 0.433 e. The first-order chi connectivity index (χ1) is 13.1. The minimum absolute atomic E-state index is 0.119. The highest BCUT2D eigenvalue weighted by Crippen LogP contribution is 2.39. The Labute approximate surface area is 165 Å². The number of rotatable bonds is 5. The Morgan fingerprint density at radius 1 is 1.21 bits per heavy atom. The molecule has 0 aromatic carbocycles. The molecule has 9 heteroatoms. The summed E-state index contributed by atoms with van der Waals surface area (Å²) in [4.78, 5) is 13.1.